The Balaban J connectivity index is 0.850. The average molecular weight is 1360 g/mol. The maximum absolute atomic E-state index is 17.3. The van der Waals surface area contributed by atoms with Crippen molar-refractivity contribution in [2.45, 2.75) is 10.8 Å². The molecule has 2 unspecified atom stereocenters. The van der Waals surface area contributed by atoms with Crippen molar-refractivity contribution in [3.8, 4) is 45.3 Å². The lowest BCUT2D eigenvalue weighted by Gasteiger charge is -2.35. The van der Waals surface area contributed by atoms with Crippen molar-refractivity contribution in [3.05, 3.63) is 407 Å². The first-order chi connectivity index (χ1) is 50.2. The Morgan fingerprint density at radius 2 is 0.631 bits per heavy atom. The number of hydrogen-bond donors (Lipinski definition) is 0. The summed E-state index contributed by atoms with van der Waals surface area (Å²) in [5, 5.41) is 1.29. The van der Waals surface area contributed by atoms with Crippen LogP contribution in [0, 0.1) is 46.5 Å². The zero-order valence-electron chi connectivity index (χ0n) is 54.4. The van der Waals surface area contributed by atoms with Gasteiger partial charge in [0.05, 0.1) is 22.2 Å². The van der Waals surface area contributed by atoms with Crippen molar-refractivity contribution in [2.24, 2.45) is 0 Å². The minimum Gasteiger partial charge on any atom is -0.457 e. The van der Waals surface area contributed by atoms with Crippen molar-refractivity contribution in [3.63, 3.8) is 0 Å². The van der Waals surface area contributed by atoms with E-state index in [1.54, 1.807) is 84.9 Å². The first-order valence-electron chi connectivity index (χ1n) is 33.1. The number of furan rings is 1. The molecule has 0 amide bonds. The maximum Gasteiger partial charge on any atom is 0.161 e. The van der Waals surface area contributed by atoms with Gasteiger partial charge in [0.2, 0.25) is 0 Å². The van der Waals surface area contributed by atoms with Gasteiger partial charge in [-0.3, -0.25) is 0 Å². The van der Waals surface area contributed by atoms with Gasteiger partial charge in [-0.25, -0.2) is 35.1 Å². The molecular formula is C90H54F8N2O3. The highest BCUT2D eigenvalue weighted by molar-refractivity contribution is 6.14. The molecule has 0 bridgehead atoms. The van der Waals surface area contributed by atoms with Crippen LogP contribution in [0.3, 0.4) is 0 Å². The van der Waals surface area contributed by atoms with Crippen molar-refractivity contribution in [1.29, 1.82) is 0 Å². The smallest absolute Gasteiger partial charge is 0.161 e. The second kappa shape index (κ2) is 25.0. The molecule has 5 nitrogen and oxygen atoms in total. The van der Waals surface area contributed by atoms with Crippen LogP contribution in [0.5, 0.6) is 23.0 Å². The number of halogens is 8. The molecule has 15 aromatic rings. The molecule has 103 heavy (non-hydrogen) atoms. The summed E-state index contributed by atoms with van der Waals surface area (Å²) < 4.78 is 148. The highest BCUT2D eigenvalue weighted by Crippen LogP contribution is 2.61. The third kappa shape index (κ3) is 10.4. The molecule has 2 atom stereocenters. The van der Waals surface area contributed by atoms with E-state index in [9.17, 15) is 0 Å². The third-order valence-electron chi connectivity index (χ3n) is 19.8. The van der Waals surface area contributed by atoms with Crippen LogP contribution in [-0.4, -0.2) is 0 Å². The summed E-state index contributed by atoms with van der Waals surface area (Å²) in [7, 11) is 0. The van der Waals surface area contributed by atoms with E-state index in [1.165, 1.54) is 24.3 Å². The molecule has 0 saturated heterocycles. The number of benzene rings is 14. The van der Waals surface area contributed by atoms with Crippen LogP contribution >= 0.6 is 0 Å². The van der Waals surface area contributed by atoms with E-state index in [1.807, 2.05) is 180 Å². The largest absolute Gasteiger partial charge is 0.457 e. The number of rotatable bonds is 16. The number of para-hydroxylation sites is 2. The van der Waals surface area contributed by atoms with Gasteiger partial charge in [-0.05, 0) is 212 Å². The fourth-order valence-corrected chi connectivity index (χ4v) is 15.3. The summed E-state index contributed by atoms with van der Waals surface area (Å²) in [6.45, 7) is 7.69. The molecule has 14 aromatic carbocycles. The van der Waals surface area contributed by atoms with Crippen molar-refractivity contribution in [2.75, 3.05) is 9.80 Å². The molecule has 0 spiro atoms. The lowest BCUT2D eigenvalue weighted by atomic mass is 9.67. The summed E-state index contributed by atoms with van der Waals surface area (Å²) >= 11 is 0. The van der Waals surface area contributed by atoms with E-state index in [4.69, 9.17) is 13.9 Å². The van der Waals surface area contributed by atoms with E-state index in [0.29, 0.717) is 147 Å². The molecular weight excluding hydrogens is 1310 g/mol. The zero-order chi connectivity index (χ0) is 70.4. The Morgan fingerprint density at radius 3 is 1.01 bits per heavy atom. The van der Waals surface area contributed by atoms with E-state index in [-0.39, 0.29) is 11.1 Å². The molecule has 0 saturated carbocycles. The molecule has 1 aromatic heterocycles. The van der Waals surface area contributed by atoms with Gasteiger partial charge in [-0.2, -0.15) is 0 Å². The fourth-order valence-electron chi connectivity index (χ4n) is 15.3. The predicted octanol–water partition coefficient (Wildman–Crippen LogP) is 25.2. The van der Waals surface area contributed by atoms with E-state index >= 15 is 35.1 Å². The van der Waals surface area contributed by atoms with Gasteiger partial charge in [0.15, 0.2) is 34.4 Å². The maximum atomic E-state index is 17.3. The standard InChI is InChI=1S/C90H54F8N2O3/c1-3-53-19-37-63(38-20-53)101-65-41-23-55(24-42-65)89(77-49-81(95)83(97)51-79(77)93)73-15-7-5-11-67(73)69-45-35-61(47-75(69)89)99(59-31-27-57(91)28-32-59)85-17-9-13-71-72-14-10-18-86(88(72)103-87(71)85)100(60-33-29-58(92)30-34-60)62-36-46-70-68-12-6-8-16-74(68)90(76(70)48-62,78-50-82(96)84(98)52-80(78)94)56-25-43-66(44-26-56)102-64-39-21-54(4-2)22-40-64/h3-52H,1-2H2. The van der Waals surface area contributed by atoms with Crippen molar-refractivity contribution >= 4 is 68.2 Å². The number of fused-ring (bicyclic) bond motifs is 9. The predicted molar refractivity (Wildman–Crippen MR) is 391 cm³/mol. The van der Waals surface area contributed by atoms with Crippen LogP contribution < -0.4 is 19.3 Å². The van der Waals surface area contributed by atoms with E-state index in [2.05, 4.69) is 13.2 Å². The molecule has 17 rings (SSSR count). The van der Waals surface area contributed by atoms with Crippen LogP contribution in [0.15, 0.2) is 309 Å². The van der Waals surface area contributed by atoms with Gasteiger partial charge >= 0.3 is 0 Å². The summed E-state index contributed by atoms with van der Waals surface area (Å²) in [5.74, 6) is -6.22. The Labute approximate surface area is 586 Å². The van der Waals surface area contributed by atoms with Crippen LogP contribution in [0.1, 0.15) is 55.6 Å². The second-order valence-corrected chi connectivity index (χ2v) is 25.4. The molecule has 0 fully saturated rings. The number of anilines is 6. The van der Waals surface area contributed by atoms with Gasteiger partial charge in [0.1, 0.15) is 46.3 Å². The van der Waals surface area contributed by atoms with Crippen LogP contribution in [0.25, 0.3) is 56.3 Å². The first kappa shape index (κ1) is 63.4. The highest BCUT2D eigenvalue weighted by Gasteiger charge is 2.50. The SMILES string of the molecule is C=Cc1ccc(Oc2ccc(C3(c4cc(F)c(F)cc4F)c4ccccc4-c4ccc(N(c5ccc(F)cc5)c5cccc6c5oc5c(N(c7ccc(F)cc7)c7ccc8c(c7)C(c7ccc(Oc9ccc(C=C)cc9)cc7)(c7cc(F)c(F)cc7F)c7ccccc7-8)cccc56)cc43)cc2)cc1. The number of nitrogens with zero attached hydrogens (tertiary/aromatic N) is 2. The molecule has 0 radical (unpaired) electrons. The van der Waals surface area contributed by atoms with Gasteiger partial charge in [0, 0.05) is 56.8 Å². The van der Waals surface area contributed by atoms with Crippen molar-refractivity contribution < 1.29 is 49.0 Å². The quantitative estimate of drug-likeness (QED) is 0.0712. The van der Waals surface area contributed by atoms with Crippen LogP contribution in [0.4, 0.5) is 69.2 Å². The molecule has 0 aliphatic heterocycles. The van der Waals surface area contributed by atoms with Gasteiger partial charge in [0.25, 0.3) is 0 Å². The Kier molecular flexibility index (Phi) is 15.4. The topological polar surface area (TPSA) is 38.1 Å². The molecule has 2 aliphatic rings. The van der Waals surface area contributed by atoms with Gasteiger partial charge in [-0.15, -0.1) is 0 Å². The monoisotopic (exact) mass is 1360 g/mol. The van der Waals surface area contributed by atoms with Gasteiger partial charge in [-0.1, -0.05) is 159 Å². The fraction of sp³-hybridized carbons (Fsp3) is 0.0222. The summed E-state index contributed by atoms with van der Waals surface area (Å²) in [6.07, 6.45) is 3.45. The zero-order valence-corrected chi connectivity index (χ0v) is 54.4. The second-order valence-electron chi connectivity index (χ2n) is 25.4. The Morgan fingerprint density at radius 1 is 0.291 bits per heavy atom. The summed E-state index contributed by atoms with van der Waals surface area (Å²) in [4.78, 5) is 3.78. The van der Waals surface area contributed by atoms with Crippen LogP contribution in [-0.2, 0) is 10.8 Å². The molecule has 0 N–H and O–H groups in total. The molecule has 1 heterocycles. The lowest BCUT2D eigenvalue weighted by Crippen LogP contribution is -2.30. The molecule has 498 valence electrons. The minimum absolute atomic E-state index is 0.157. The molecule has 2 aliphatic carbocycles. The highest BCUT2D eigenvalue weighted by atomic mass is 19.2. The Hall–Kier alpha value is -13.0. The number of ether oxygens (including phenoxy) is 2. The van der Waals surface area contributed by atoms with E-state index in [0.717, 1.165) is 23.3 Å². The van der Waals surface area contributed by atoms with Crippen LogP contribution in [0.2, 0.25) is 0 Å². The van der Waals surface area contributed by atoms with E-state index < -0.39 is 57.4 Å². The first-order valence-corrected chi connectivity index (χ1v) is 33.1. The third-order valence-corrected chi connectivity index (χ3v) is 19.8. The number of hydrogen-bond acceptors (Lipinski definition) is 5. The Bertz CT molecular complexity index is 5540. The summed E-state index contributed by atoms with van der Waals surface area (Å²) in [5.41, 5.74) is 7.76. The average Bonchev–Trinajstić information content (AvgIpc) is 1.54. The molecule has 13 heteroatoms. The van der Waals surface area contributed by atoms with Gasteiger partial charge < -0.3 is 23.7 Å². The van der Waals surface area contributed by atoms with Crippen molar-refractivity contribution in [1.82, 2.24) is 0 Å². The lowest BCUT2D eigenvalue weighted by molar-refractivity contribution is 0.480. The minimum atomic E-state index is -1.65. The summed E-state index contributed by atoms with van der Waals surface area (Å²) in [6, 6.07) is 81.1. The normalized spacial score (nSPS) is 14.8.